The van der Waals surface area contributed by atoms with E-state index in [1.807, 2.05) is 0 Å². The van der Waals surface area contributed by atoms with Gasteiger partial charge in [0.1, 0.15) is 0 Å². The molecule has 1 fully saturated rings. The molecule has 1 aromatic carbocycles. The number of nitrogen functional groups attached to an aromatic ring is 1. The monoisotopic (exact) mass is 281 g/mol. The lowest BCUT2D eigenvalue weighted by molar-refractivity contribution is 0.0944. The molecule has 0 radical (unpaired) electrons. The number of hydrazine groups is 1. The van der Waals surface area contributed by atoms with Gasteiger partial charge in [-0.3, -0.25) is 10.6 Å². The summed E-state index contributed by atoms with van der Waals surface area (Å²) in [7, 11) is 0. The molecule has 4 nitrogen and oxygen atoms in total. The SMILES string of the molecule is NNc1ccc(Cl)cc1C(=O)NCC1CCCCC1. The van der Waals surface area contributed by atoms with Gasteiger partial charge >= 0.3 is 0 Å². The maximum Gasteiger partial charge on any atom is 0.253 e. The van der Waals surface area contributed by atoms with Crippen molar-refractivity contribution in [3.63, 3.8) is 0 Å². The van der Waals surface area contributed by atoms with Crippen LogP contribution in [0, 0.1) is 5.92 Å². The van der Waals surface area contributed by atoms with E-state index in [0.29, 0.717) is 22.2 Å². The minimum atomic E-state index is -0.124. The number of benzene rings is 1. The summed E-state index contributed by atoms with van der Waals surface area (Å²) in [5, 5.41) is 3.51. The molecule has 104 valence electrons. The lowest BCUT2D eigenvalue weighted by atomic mass is 9.89. The zero-order chi connectivity index (χ0) is 13.7. The van der Waals surface area contributed by atoms with Crippen molar-refractivity contribution in [2.24, 2.45) is 11.8 Å². The number of halogens is 1. The first kappa shape index (κ1) is 14.2. The minimum absolute atomic E-state index is 0.124. The van der Waals surface area contributed by atoms with E-state index in [4.69, 9.17) is 17.4 Å². The number of amides is 1. The van der Waals surface area contributed by atoms with Gasteiger partial charge in [0.2, 0.25) is 0 Å². The molecule has 1 amide bonds. The molecule has 0 unspecified atom stereocenters. The highest BCUT2D eigenvalue weighted by molar-refractivity contribution is 6.31. The fraction of sp³-hybridized carbons (Fsp3) is 0.500. The predicted molar refractivity (Wildman–Crippen MR) is 78.2 cm³/mol. The second kappa shape index (κ2) is 6.78. The molecule has 0 aliphatic heterocycles. The quantitative estimate of drug-likeness (QED) is 0.587. The Bertz CT molecular complexity index is 444. The lowest BCUT2D eigenvalue weighted by Gasteiger charge is -2.22. The van der Waals surface area contributed by atoms with Crippen molar-refractivity contribution in [2.45, 2.75) is 32.1 Å². The normalized spacial score (nSPS) is 16.1. The van der Waals surface area contributed by atoms with Crippen molar-refractivity contribution in [2.75, 3.05) is 12.0 Å². The molecule has 0 saturated heterocycles. The van der Waals surface area contributed by atoms with Gasteiger partial charge in [0.15, 0.2) is 0 Å². The number of carbonyl (C=O) groups excluding carboxylic acids is 1. The van der Waals surface area contributed by atoms with Gasteiger partial charge in [0.25, 0.3) is 5.91 Å². The zero-order valence-corrected chi connectivity index (χ0v) is 11.7. The average molecular weight is 282 g/mol. The summed E-state index contributed by atoms with van der Waals surface area (Å²) < 4.78 is 0. The van der Waals surface area contributed by atoms with Gasteiger partial charge in [-0.1, -0.05) is 30.9 Å². The number of rotatable bonds is 4. The van der Waals surface area contributed by atoms with Crippen LogP contribution in [0.5, 0.6) is 0 Å². The first-order chi connectivity index (χ1) is 9.20. The Labute approximate surface area is 118 Å². The first-order valence-electron chi connectivity index (χ1n) is 6.75. The summed E-state index contributed by atoms with van der Waals surface area (Å²) in [4.78, 5) is 12.2. The largest absolute Gasteiger partial charge is 0.352 e. The van der Waals surface area contributed by atoms with Crippen LogP contribution >= 0.6 is 11.6 Å². The number of hydrogen-bond donors (Lipinski definition) is 3. The molecule has 2 rings (SSSR count). The third kappa shape index (κ3) is 3.85. The van der Waals surface area contributed by atoms with E-state index in [-0.39, 0.29) is 5.91 Å². The van der Waals surface area contributed by atoms with Gasteiger partial charge in [0.05, 0.1) is 11.3 Å². The van der Waals surface area contributed by atoms with Crippen LogP contribution in [0.3, 0.4) is 0 Å². The van der Waals surface area contributed by atoms with Gasteiger partial charge in [-0.25, -0.2) is 0 Å². The predicted octanol–water partition coefficient (Wildman–Crippen LogP) is 2.94. The molecule has 0 heterocycles. The van der Waals surface area contributed by atoms with Crippen LogP contribution in [-0.4, -0.2) is 12.5 Å². The van der Waals surface area contributed by atoms with Crippen LogP contribution < -0.4 is 16.6 Å². The summed E-state index contributed by atoms with van der Waals surface area (Å²) in [6.07, 6.45) is 6.27. The van der Waals surface area contributed by atoms with Crippen molar-refractivity contribution < 1.29 is 4.79 Å². The maximum atomic E-state index is 12.2. The number of nitrogens with two attached hydrogens (primary N) is 1. The van der Waals surface area contributed by atoms with Crippen LogP contribution in [0.15, 0.2) is 18.2 Å². The second-order valence-corrected chi connectivity index (χ2v) is 5.48. The van der Waals surface area contributed by atoms with Gasteiger partial charge in [-0.05, 0) is 37.0 Å². The van der Waals surface area contributed by atoms with Gasteiger partial charge in [-0.15, -0.1) is 0 Å². The van der Waals surface area contributed by atoms with Crippen molar-refractivity contribution in [3.8, 4) is 0 Å². The van der Waals surface area contributed by atoms with Crippen molar-refractivity contribution >= 4 is 23.2 Å². The molecule has 0 spiro atoms. The van der Waals surface area contributed by atoms with E-state index < -0.39 is 0 Å². The highest BCUT2D eigenvalue weighted by atomic mass is 35.5. The van der Waals surface area contributed by atoms with Crippen molar-refractivity contribution in [3.05, 3.63) is 28.8 Å². The van der Waals surface area contributed by atoms with E-state index in [0.717, 1.165) is 6.54 Å². The van der Waals surface area contributed by atoms with Crippen molar-refractivity contribution in [1.82, 2.24) is 5.32 Å². The van der Waals surface area contributed by atoms with Crippen molar-refractivity contribution in [1.29, 1.82) is 0 Å². The van der Waals surface area contributed by atoms with Gasteiger partial charge < -0.3 is 10.7 Å². The molecule has 0 aromatic heterocycles. The Hall–Kier alpha value is -1.26. The standard InChI is InChI=1S/C14H20ClN3O/c15-11-6-7-13(18-16)12(8-11)14(19)17-9-10-4-2-1-3-5-10/h6-8,10,18H,1-5,9,16H2,(H,17,19). The Morgan fingerprint density at radius 3 is 2.74 bits per heavy atom. The summed E-state index contributed by atoms with van der Waals surface area (Å²) in [6.45, 7) is 0.732. The van der Waals surface area contributed by atoms with Crippen LogP contribution in [0.1, 0.15) is 42.5 Å². The number of anilines is 1. The third-order valence-corrected chi connectivity index (χ3v) is 3.89. The minimum Gasteiger partial charge on any atom is -0.352 e. The van der Waals surface area contributed by atoms with E-state index in [1.54, 1.807) is 18.2 Å². The van der Waals surface area contributed by atoms with Crippen LogP contribution in [0.25, 0.3) is 0 Å². The smallest absolute Gasteiger partial charge is 0.253 e. The Kier molecular flexibility index (Phi) is 5.05. The van der Waals surface area contributed by atoms with E-state index in [2.05, 4.69) is 10.7 Å². The Balaban J connectivity index is 1.97. The molecule has 0 bridgehead atoms. The summed E-state index contributed by atoms with van der Waals surface area (Å²) in [5.74, 6) is 5.88. The summed E-state index contributed by atoms with van der Waals surface area (Å²) in [6, 6.07) is 5.04. The number of carbonyl (C=O) groups is 1. The Morgan fingerprint density at radius 2 is 2.05 bits per heavy atom. The topological polar surface area (TPSA) is 67.1 Å². The first-order valence-corrected chi connectivity index (χ1v) is 7.13. The van der Waals surface area contributed by atoms with Gasteiger partial charge in [-0.2, -0.15) is 0 Å². The summed E-state index contributed by atoms with van der Waals surface area (Å²) in [5.41, 5.74) is 3.60. The third-order valence-electron chi connectivity index (χ3n) is 3.66. The molecule has 5 heteroatoms. The highest BCUT2D eigenvalue weighted by Crippen LogP contribution is 2.23. The van der Waals surface area contributed by atoms with Gasteiger partial charge in [0, 0.05) is 11.6 Å². The van der Waals surface area contributed by atoms with Crippen LogP contribution in [0.2, 0.25) is 5.02 Å². The lowest BCUT2D eigenvalue weighted by Crippen LogP contribution is -2.31. The molecule has 1 aromatic rings. The summed E-state index contributed by atoms with van der Waals surface area (Å²) >= 11 is 5.92. The molecule has 19 heavy (non-hydrogen) atoms. The second-order valence-electron chi connectivity index (χ2n) is 5.05. The number of nitrogens with one attached hydrogen (secondary N) is 2. The molecular weight excluding hydrogens is 262 g/mol. The fourth-order valence-electron chi connectivity index (χ4n) is 2.55. The van der Waals surface area contributed by atoms with E-state index >= 15 is 0 Å². The number of hydrogen-bond acceptors (Lipinski definition) is 3. The fourth-order valence-corrected chi connectivity index (χ4v) is 2.73. The molecule has 1 aliphatic carbocycles. The molecule has 1 saturated carbocycles. The molecule has 0 atom stereocenters. The average Bonchev–Trinajstić information content (AvgIpc) is 2.46. The zero-order valence-electron chi connectivity index (χ0n) is 10.9. The van der Waals surface area contributed by atoms with Crippen LogP contribution in [-0.2, 0) is 0 Å². The van der Waals surface area contributed by atoms with Crippen LogP contribution in [0.4, 0.5) is 5.69 Å². The molecular formula is C14H20ClN3O. The Morgan fingerprint density at radius 1 is 1.32 bits per heavy atom. The maximum absolute atomic E-state index is 12.2. The highest BCUT2D eigenvalue weighted by Gasteiger charge is 2.16. The molecule has 1 aliphatic rings. The van der Waals surface area contributed by atoms with E-state index in [9.17, 15) is 4.79 Å². The molecule has 4 N–H and O–H groups in total. The van der Waals surface area contributed by atoms with E-state index in [1.165, 1.54) is 32.1 Å².